The summed E-state index contributed by atoms with van der Waals surface area (Å²) < 4.78 is 0. The summed E-state index contributed by atoms with van der Waals surface area (Å²) in [5, 5.41) is 5.40. The number of carbonyl (C=O) groups excluding carboxylic acids is 2. The third-order valence-electron chi connectivity index (χ3n) is 4.69. The van der Waals surface area contributed by atoms with Gasteiger partial charge in [-0.25, -0.2) is 0 Å². The average Bonchev–Trinajstić information content (AvgIpc) is 2.62. The Labute approximate surface area is 150 Å². The van der Waals surface area contributed by atoms with Crippen LogP contribution in [-0.4, -0.2) is 67.4 Å². The molecule has 0 aliphatic carbocycles. The zero-order valence-electron chi connectivity index (χ0n) is 15.5. The average molecular weight is 346 g/mol. The zero-order chi connectivity index (χ0) is 18.2. The van der Waals surface area contributed by atoms with Crippen molar-refractivity contribution >= 4 is 17.5 Å². The molecule has 1 aromatic carbocycles. The molecule has 1 heterocycles. The van der Waals surface area contributed by atoms with Crippen molar-refractivity contribution in [1.29, 1.82) is 0 Å². The number of benzene rings is 1. The Bertz CT molecular complexity index is 583. The van der Waals surface area contributed by atoms with Crippen LogP contribution in [0.3, 0.4) is 0 Å². The Balaban J connectivity index is 1.70. The van der Waals surface area contributed by atoms with E-state index in [0.717, 1.165) is 44.8 Å². The predicted molar refractivity (Wildman–Crippen MR) is 101 cm³/mol. The highest BCUT2D eigenvalue weighted by Gasteiger charge is 2.19. The summed E-state index contributed by atoms with van der Waals surface area (Å²) in [6, 6.07) is 7.42. The zero-order valence-corrected chi connectivity index (χ0v) is 15.5. The van der Waals surface area contributed by atoms with Gasteiger partial charge >= 0.3 is 11.8 Å². The summed E-state index contributed by atoms with van der Waals surface area (Å²) in [4.78, 5) is 28.9. The molecule has 2 N–H and O–H groups in total. The molecule has 6 nitrogen and oxygen atoms in total. The van der Waals surface area contributed by atoms with Crippen molar-refractivity contribution in [1.82, 2.24) is 15.1 Å². The maximum Gasteiger partial charge on any atom is 0.313 e. The van der Waals surface area contributed by atoms with Crippen LogP contribution in [-0.2, 0) is 9.59 Å². The van der Waals surface area contributed by atoms with Gasteiger partial charge in [-0.2, -0.15) is 0 Å². The van der Waals surface area contributed by atoms with Gasteiger partial charge in [-0.15, -0.1) is 0 Å². The Morgan fingerprint density at radius 3 is 2.36 bits per heavy atom. The smallest absolute Gasteiger partial charge is 0.313 e. The second kappa shape index (κ2) is 9.53. The molecule has 0 aromatic heterocycles. The van der Waals surface area contributed by atoms with Gasteiger partial charge in [-0.1, -0.05) is 32.0 Å². The van der Waals surface area contributed by atoms with Gasteiger partial charge in [0.15, 0.2) is 0 Å². The molecule has 0 spiro atoms. The van der Waals surface area contributed by atoms with Crippen LogP contribution in [0.4, 0.5) is 5.69 Å². The first-order valence-electron chi connectivity index (χ1n) is 9.09. The first-order chi connectivity index (χ1) is 12.0. The van der Waals surface area contributed by atoms with Crippen LogP contribution in [0.2, 0.25) is 0 Å². The molecule has 0 unspecified atom stereocenters. The molecule has 1 aromatic rings. The predicted octanol–water partition coefficient (Wildman–Crippen LogP) is 1.32. The standard InChI is InChI=1S/C19H30N4O2/c1-4-22-9-11-23(12-10-22)14-15(2)13-20-18(24)19(25)21-17-8-6-5-7-16(17)3/h5-8,15H,4,9-14H2,1-3H3,(H,20,24)(H,21,25)/t15-/m0/s1. The van der Waals surface area contributed by atoms with Crippen LogP contribution < -0.4 is 10.6 Å². The maximum absolute atomic E-state index is 12.0. The van der Waals surface area contributed by atoms with Crippen molar-refractivity contribution in [2.75, 3.05) is 51.1 Å². The summed E-state index contributed by atoms with van der Waals surface area (Å²) >= 11 is 0. The number of hydrogen-bond donors (Lipinski definition) is 2. The van der Waals surface area contributed by atoms with Gasteiger partial charge in [0.25, 0.3) is 0 Å². The second-order valence-electron chi connectivity index (χ2n) is 6.82. The van der Waals surface area contributed by atoms with Crippen molar-refractivity contribution < 1.29 is 9.59 Å². The first kappa shape index (κ1) is 19.4. The molecule has 6 heteroatoms. The summed E-state index contributed by atoms with van der Waals surface area (Å²) in [5.74, 6) is -0.882. The Kier molecular flexibility index (Phi) is 7.40. The number of nitrogens with one attached hydrogen (secondary N) is 2. The van der Waals surface area contributed by atoms with Crippen LogP contribution in [0.25, 0.3) is 0 Å². The van der Waals surface area contributed by atoms with Gasteiger partial charge < -0.3 is 20.4 Å². The van der Waals surface area contributed by atoms with Crippen LogP contribution in [0, 0.1) is 12.8 Å². The van der Waals surface area contributed by atoms with Gasteiger partial charge in [0, 0.05) is 45.0 Å². The topological polar surface area (TPSA) is 64.7 Å². The van der Waals surface area contributed by atoms with E-state index in [4.69, 9.17) is 0 Å². The molecule has 1 atom stereocenters. The van der Waals surface area contributed by atoms with E-state index < -0.39 is 11.8 Å². The number of carbonyl (C=O) groups is 2. The molecule has 0 bridgehead atoms. The third-order valence-corrected chi connectivity index (χ3v) is 4.69. The Morgan fingerprint density at radius 2 is 1.72 bits per heavy atom. The number of rotatable bonds is 6. The lowest BCUT2D eigenvalue weighted by Gasteiger charge is -2.35. The number of anilines is 1. The van der Waals surface area contributed by atoms with Crippen molar-refractivity contribution in [3.8, 4) is 0 Å². The molecule has 25 heavy (non-hydrogen) atoms. The van der Waals surface area contributed by atoms with E-state index in [9.17, 15) is 9.59 Å². The van der Waals surface area contributed by atoms with Gasteiger partial charge in [-0.3, -0.25) is 9.59 Å². The third kappa shape index (κ3) is 6.14. The molecule has 2 rings (SSSR count). The number of para-hydroxylation sites is 1. The first-order valence-corrected chi connectivity index (χ1v) is 9.09. The van der Waals surface area contributed by atoms with Gasteiger partial charge in [-0.05, 0) is 31.0 Å². The number of amides is 2. The van der Waals surface area contributed by atoms with E-state index in [1.54, 1.807) is 6.07 Å². The fourth-order valence-electron chi connectivity index (χ4n) is 3.03. The van der Waals surface area contributed by atoms with Crippen molar-refractivity contribution in [3.05, 3.63) is 29.8 Å². The van der Waals surface area contributed by atoms with E-state index in [0.29, 0.717) is 18.2 Å². The van der Waals surface area contributed by atoms with E-state index in [2.05, 4.69) is 34.3 Å². The molecule has 1 aliphatic rings. The number of hydrogen-bond acceptors (Lipinski definition) is 4. The fourth-order valence-corrected chi connectivity index (χ4v) is 3.03. The summed E-state index contributed by atoms with van der Waals surface area (Å²) in [7, 11) is 0. The molecule has 0 saturated carbocycles. The van der Waals surface area contributed by atoms with E-state index in [1.807, 2.05) is 25.1 Å². The second-order valence-corrected chi connectivity index (χ2v) is 6.82. The van der Waals surface area contributed by atoms with Crippen molar-refractivity contribution in [2.45, 2.75) is 20.8 Å². The lowest BCUT2D eigenvalue weighted by molar-refractivity contribution is -0.136. The highest BCUT2D eigenvalue weighted by molar-refractivity contribution is 6.39. The molecule has 1 aliphatic heterocycles. The van der Waals surface area contributed by atoms with Gasteiger partial charge in [0.05, 0.1) is 0 Å². The van der Waals surface area contributed by atoms with E-state index >= 15 is 0 Å². The molecule has 1 fully saturated rings. The summed E-state index contributed by atoms with van der Waals surface area (Å²) in [6.45, 7) is 13.1. The highest BCUT2D eigenvalue weighted by Crippen LogP contribution is 2.12. The van der Waals surface area contributed by atoms with Gasteiger partial charge in [0.2, 0.25) is 0 Å². The van der Waals surface area contributed by atoms with Crippen LogP contribution >= 0.6 is 0 Å². The Morgan fingerprint density at radius 1 is 1.08 bits per heavy atom. The summed E-state index contributed by atoms with van der Waals surface area (Å²) in [5.41, 5.74) is 1.60. The number of piperazine rings is 1. The summed E-state index contributed by atoms with van der Waals surface area (Å²) in [6.07, 6.45) is 0. The van der Waals surface area contributed by atoms with E-state index in [-0.39, 0.29) is 0 Å². The maximum atomic E-state index is 12.0. The van der Waals surface area contributed by atoms with Crippen LogP contribution in [0.15, 0.2) is 24.3 Å². The lowest BCUT2D eigenvalue weighted by Crippen LogP contribution is -2.48. The largest absolute Gasteiger partial charge is 0.348 e. The monoisotopic (exact) mass is 346 g/mol. The minimum absolute atomic E-state index is 0.309. The molecule has 138 valence electrons. The number of likely N-dealkylation sites (N-methyl/N-ethyl adjacent to an activating group) is 1. The minimum Gasteiger partial charge on any atom is -0.348 e. The molecular formula is C19H30N4O2. The molecular weight excluding hydrogens is 316 g/mol. The fraction of sp³-hybridized carbons (Fsp3) is 0.579. The lowest BCUT2D eigenvalue weighted by atomic mass is 10.1. The molecule has 2 amide bonds. The van der Waals surface area contributed by atoms with Crippen molar-refractivity contribution in [2.24, 2.45) is 5.92 Å². The van der Waals surface area contributed by atoms with E-state index in [1.165, 1.54) is 0 Å². The SMILES string of the molecule is CCN1CCN(C[C@@H](C)CNC(=O)C(=O)Nc2ccccc2C)CC1. The number of aryl methyl sites for hydroxylation is 1. The Hall–Kier alpha value is -1.92. The van der Waals surface area contributed by atoms with Crippen LogP contribution in [0.1, 0.15) is 19.4 Å². The normalized spacial score (nSPS) is 17.1. The quantitative estimate of drug-likeness (QED) is 0.763. The highest BCUT2D eigenvalue weighted by atomic mass is 16.2. The van der Waals surface area contributed by atoms with Crippen molar-refractivity contribution in [3.63, 3.8) is 0 Å². The molecule has 0 radical (unpaired) electrons. The molecule has 1 saturated heterocycles. The number of nitrogens with zero attached hydrogens (tertiary/aromatic N) is 2. The van der Waals surface area contributed by atoms with Gasteiger partial charge in [0.1, 0.15) is 0 Å². The minimum atomic E-state index is -0.613. The van der Waals surface area contributed by atoms with Crippen LogP contribution in [0.5, 0.6) is 0 Å².